The zero-order valence-electron chi connectivity index (χ0n) is 10.4. The normalized spacial score (nSPS) is 20.9. The minimum atomic E-state index is -0.180. The molecular formula is C13H17FN2S2. The van der Waals surface area contributed by atoms with Crippen molar-refractivity contribution in [1.29, 1.82) is 0 Å². The molecule has 1 unspecified atom stereocenters. The van der Waals surface area contributed by atoms with Gasteiger partial charge in [-0.2, -0.15) is 11.8 Å². The molecule has 1 atom stereocenters. The summed E-state index contributed by atoms with van der Waals surface area (Å²) in [6, 6.07) is 4.85. The predicted octanol–water partition coefficient (Wildman–Crippen LogP) is 2.40. The summed E-state index contributed by atoms with van der Waals surface area (Å²) in [5.74, 6) is 0.929. The number of nitrogens with two attached hydrogens (primary N) is 1. The van der Waals surface area contributed by atoms with E-state index in [-0.39, 0.29) is 5.82 Å². The Balaban J connectivity index is 2.12. The van der Waals surface area contributed by atoms with Crippen molar-refractivity contribution < 1.29 is 4.39 Å². The van der Waals surface area contributed by atoms with Crippen molar-refractivity contribution in [2.75, 3.05) is 18.8 Å². The average molecular weight is 284 g/mol. The maximum atomic E-state index is 13.8. The van der Waals surface area contributed by atoms with Crippen LogP contribution in [0.2, 0.25) is 0 Å². The van der Waals surface area contributed by atoms with Crippen LogP contribution >= 0.6 is 24.0 Å². The van der Waals surface area contributed by atoms with Crippen LogP contribution in [0.4, 0.5) is 4.39 Å². The molecule has 1 aliphatic heterocycles. The van der Waals surface area contributed by atoms with Crippen LogP contribution in [0.3, 0.4) is 0 Å². The van der Waals surface area contributed by atoms with Gasteiger partial charge in [-0.25, -0.2) is 4.39 Å². The van der Waals surface area contributed by atoms with Crippen LogP contribution in [-0.4, -0.2) is 34.0 Å². The van der Waals surface area contributed by atoms with E-state index >= 15 is 0 Å². The van der Waals surface area contributed by atoms with Crippen LogP contribution in [0.1, 0.15) is 18.1 Å². The quantitative estimate of drug-likeness (QED) is 0.863. The third-order valence-electron chi connectivity index (χ3n) is 3.05. The van der Waals surface area contributed by atoms with Crippen LogP contribution in [0.25, 0.3) is 0 Å². The molecule has 0 bridgehead atoms. The number of thiocarbonyl (C=S) groups is 1. The topological polar surface area (TPSA) is 29.3 Å². The monoisotopic (exact) mass is 284 g/mol. The van der Waals surface area contributed by atoms with Crippen molar-refractivity contribution in [2.24, 2.45) is 5.73 Å². The lowest BCUT2D eigenvalue weighted by Crippen LogP contribution is -2.36. The fourth-order valence-electron chi connectivity index (χ4n) is 2.12. The van der Waals surface area contributed by atoms with Gasteiger partial charge in [0.2, 0.25) is 0 Å². The summed E-state index contributed by atoms with van der Waals surface area (Å²) in [6.07, 6.45) is 0. The summed E-state index contributed by atoms with van der Waals surface area (Å²) < 4.78 is 13.8. The van der Waals surface area contributed by atoms with Crippen LogP contribution < -0.4 is 5.73 Å². The number of benzene rings is 1. The summed E-state index contributed by atoms with van der Waals surface area (Å²) in [4.78, 5) is 2.60. The van der Waals surface area contributed by atoms with Crippen LogP contribution in [-0.2, 0) is 6.54 Å². The van der Waals surface area contributed by atoms with Crippen molar-refractivity contribution in [3.05, 3.63) is 35.1 Å². The van der Waals surface area contributed by atoms with Gasteiger partial charge in [-0.15, -0.1) is 0 Å². The molecule has 1 heterocycles. The van der Waals surface area contributed by atoms with E-state index in [1.807, 2.05) is 11.8 Å². The Labute approximate surface area is 117 Å². The number of hydrogen-bond donors (Lipinski definition) is 1. The lowest BCUT2D eigenvalue weighted by atomic mass is 10.1. The molecule has 0 radical (unpaired) electrons. The minimum absolute atomic E-state index is 0.180. The first-order valence-electron chi connectivity index (χ1n) is 5.98. The molecule has 1 fully saturated rings. The standard InChI is InChI=1S/C13H17FN2S2/c1-9-7-16(4-5-18-9)8-11-6-10(13(15)17)2-3-12(11)14/h2-3,6,9H,4-5,7-8H2,1H3,(H2,15,17). The highest BCUT2D eigenvalue weighted by molar-refractivity contribution is 7.99. The van der Waals surface area contributed by atoms with Gasteiger partial charge in [0.05, 0.1) is 0 Å². The Bertz CT molecular complexity index is 451. The van der Waals surface area contributed by atoms with E-state index in [0.29, 0.717) is 22.3 Å². The predicted molar refractivity (Wildman–Crippen MR) is 79.5 cm³/mol. The lowest BCUT2D eigenvalue weighted by Gasteiger charge is -2.30. The zero-order chi connectivity index (χ0) is 13.1. The van der Waals surface area contributed by atoms with E-state index in [1.165, 1.54) is 6.07 Å². The van der Waals surface area contributed by atoms with Gasteiger partial charge >= 0.3 is 0 Å². The second kappa shape index (κ2) is 5.99. The maximum Gasteiger partial charge on any atom is 0.127 e. The Morgan fingerprint density at radius 2 is 2.39 bits per heavy atom. The van der Waals surface area contributed by atoms with Crippen LogP contribution in [0.15, 0.2) is 18.2 Å². The van der Waals surface area contributed by atoms with Crippen molar-refractivity contribution in [3.63, 3.8) is 0 Å². The first kappa shape index (κ1) is 13.8. The summed E-state index contributed by atoms with van der Waals surface area (Å²) in [5, 5.41) is 0.612. The maximum absolute atomic E-state index is 13.8. The SMILES string of the molecule is CC1CN(Cc2cc(C(N)=S)ccc2F)CCS1. The molecule has 2 rings (SSSR count). The highest BCUT2D eigenvalue weighted by Crippen LogP contribution is 2.21. The summed E-state index contributed by atoms with van der Waals surface area (Å²) >= 11 is 6.89. The Morgan fingerprint density at radius 3 is 3.06 bits per heavy atom. The molecule has 0 saturated carbocycles. The number of nitrogens with zero attached hydrogens (tertiary/aromatic N) is 1. The van der Waals surface area contributed by atoms with Crippen LogP contribution in [0, 0.1) is 5.82 Å². The fourth-order valence-corrected chi connectivity index (χ4v) is 3.33. The molecule has 18 heavy (non-hydrogen) atoms. The van der Waals surface area contributed by atoms with Gasteiger partial charge < -0.3 is 5.73 Å². The summed E-state index contributed by atoms with van der Waals surface area (Å²) in [6.45, 7) is 4.85. The van der Waals surface area contributed by atoms with E-state index in [0.717, 1.165) is 24.4 Å². The van der Waals surface area contributed by atoms with Gasteiger partial charge in [0.15, 0.2) is 0 Å². The van der Waals surface area contributed by atoms with Gasteiger partial charge in [0.1, 0.15) is 10.8 Å². The minimum Gasteiger partial charge on any atom is -0.389 e. The first-order chi connectivity index (χ1) is 8.56. The van der Waals surface area contributed by atoms with E-state index < -0.39 is 0 Å². The second-order valence-electron chi connectivity index (χ2n) is 4.59. The van der Waals surface area contributed by atoms with Crippen molar-refractivity contribution in [1.82, 2.24) is 4.90 Å². The van der Waals surface area contributed by atoms with Gasteiger partial charge in [-0.1, -0.05) is 19.1 Å². The summed E-state index contributed by atoms with van der Waals surface area (Å²) in [5.41, 5.74) is 7.00. The highest BCUT2D eigenvalue weighted by Gasteiger charge is 2.18. The van der Waals surface area contributed by atoms with Crippen molar-refractivity contribution in [2.45, 2.75) is 18.7 Å². The Hall–Kier alpha value is -0.650. The molecule has 0 amide bonds. The molecule has 1 aromatic rings. The lowest BCUT2D eigenvalue weighted by molar-refractivity contribution is 0.274. The van der Waals surface area contributed by atoms with E-state index in [4.69, 9.17) is 18.0 Å². The number of rotatable bonds is 3. The van der Waals surface area contributed by atoms with E-state index in [2.05, 4.69) is 11.8 Å². The molecule has 1 aliphatic rings. The van der Waals surface area contributed by atoms with Gasteiger partial charge in [-0.05, 0) is 18.2 Å². The van der Waals surface area contributed by atoms with E-state index in [9.17, 15) is 4.39 Å². The average Bonchev–Trinajstić information content (AvgIpc) is 2.31. The molecule has 5 heteroatoms. The third-order valence-corrected chi connectivity index (χ3v) is 4.42. The fraction of sp³-hybridized carbons (Fsp3) is 0.462. The Kier molecular flexibility index (Phi) is 4.59. The second-order valence-corrected chi connectivity index (χ2v) is 6.57. The molecule has 0 aliphatic carbocycles. The number of hydrogen-bond acceptors (Lipinski definition) is 3. The highest BCUT2D eigenvalue weighted by atomic mass is 32.2. The largest absolute Gasteiger partial charge is 0.389 e. The van der Waals surface area contributed by atoms with Gasteiger partial charge in [0.25, 0.3) is 0 Å². The molecule has 0 aromatic heterocycles. The third kappa shape index (κ3) is 3.43. The molecule has 2 N–H and O–H groups in total. The van der Waals surface area contributed by atoms with Gasteiger partial charge in [-0.3, -0.25) is 4.90 Å². The number of halogens is 1. The first-order valence-corrected chi connectivity index (χ1v) is 7.44. The van der Waals surface area contributed by atoms with Crippen molar-refractivity contribution >= 4 is 29.0 Å². The van der Waals surface area contributed by atoms with Gasteiger partial charge in [0, 0.05) is 41.8 Å². The van der Waals surface area contributed by atoms with Crippen molar-refractivity contribution in [3.8, 4) is 0 Å². The number of thioether (sulfide) groups is 1. The molecule has 1 aromatic carbocycles. The molecule has 98 valence electrons. The smallest absolute Gasteiger partial charge is 0.127 e. The molecular weight excluding hydrogens is 267 g/mol. The van der Waals surface area contributed by atoms with E-state index in [1.54, 1.807) is 12.1 Å². The molecule has 1 saturated heterocycles. The molecule has 2 nitrogen and oxygen atoms in total. The summed E-state index contributed by atoms with van der Waals surface area (Å²) in [7, 11) is 0. The van der Waals surface area contributed by atoms with Crippen LogP contribution in [0.5, 0.6) is 0 Å². The molecule has 0 spiro atoms. The Morgan fingerprint density at radius 1 is 1.61 bits per heavy atom. The zero-order valence-corrected chi connectivity index (χ0v) is 12.0.